The van der Waals surface area contributed by atoms with Crippen molar-refractivity contribution in [1.82, 2.24) is 15.3 Å². The molecule has 28 heavy (non-hydrogen) atoms. The van der Waals surface area contributed by atoms with Gasteiger partial charge < -0.3 is 5.32 Å². The Bertz CT molecular complexity index is 1020. The summed E-state index contributed by atoms with van der Waals surface area (Å²) in [6, 6.07) is 16.4. The van der Waals surface area contributed by atoms with Crippen LogP contribution in [0.4, 0.5) is 0 Å². The minimum absolute atomic E-state index is 0.122. The van der Waals surface area contributed by atoms with Gasteiger partial charge in [-0.05, 0) is 43.5 Å². The summed E-state index contributed by atoms with van der Waals surface area (Å²) in [4.78, 5) is 21.5. The number of nitrogens with one attached hydrogen (secondary N) is 1. The number of hydrogen-bond donors (Lipinski definition) is 1. The summed E-state index contributed by atoms with van der Waals surface area (Å²) in [6.07, 6.45) is 3.38. The van der Waals surface area contributed by atoms with Gasteiger partial charge in [-0.1, -0.05) is 31.2 Å². The summed E-state index contributed by atoms with van der Waals surface area (Å²) in [7, 11) is 0. The van der Waals surface area contributed by atoms with E-state index in [1.807, 2.05) is 30.3 Å². The maximum Gasteiger partial charge on any atom is 0.220 e. The van der Waals surface area contributed by atoms with Crippen molar-refractivity contribution in [3.05, 3.63) is 58.5 Å². The van der Waals surface area contributed by atoms with Crippen LogP contribution in [0.5, 0.6) is 0 Å². The molecule has 1 N–H and O–H groups in total. The number of hydrogen-bond acceptors (Lipinski definition) is 5. The molecule has 0 spiro atoms. The van der Waals surface area contributed by atoms with Gasteiger partial charge in [0.15, 0.2) is 0 Å². The van der Waals surface area contributed by atoms with Gasteiger partial charge in [0.05, 0.1) is 30.4 Å². The van der Waals surface area contributed by atoms with Crippen molar-refractivity contribution < 1.29 is 4.79 Å². The van der Waals surface area contributed by atoms with Crippen LogP contribution in [0.25, 0.3) is 20.4 Å². The van der Waals surface area contributed by atoms with Gasteiger partial charge in [0.25, 0.3) is 0 Å². The van der Waals surface area contributed by atoms with Crippen LogP contribution in [0, 0.1) is 0 Å². The largest absolute Gasteiger partial charge is 0.355 e. The Morgan fingerprint density at radius 1 is 0.964 bits per heavy atom. The van der Waals surface area contributed by atoms with Gasteiger partial charge in [0, 0.05) is 18.9 Å². The second-order valence-electron chi connectivity index (χ2n) is 7.01. The van der Waals surface area contributed by atoms with Crippen molar-refractivity contribution in [2.75, 3.05) is 6.54 Å². The second kappa shape index (κ2) is 8.80. The van der Waals surface area contributed by atoms with Crippen molar-refractivity contribution in [1.29, 1.82) is 0 Å². The van der Waals surface area contributed by atoms with Gasteiger partial charge in [-0.15, -0.1) is 22.7 Å². The Morgan fingerprint density at radius 3 is 2.36 bits per heavy atom. The molecule has 0 saturated carbocycles. The summed E-state index contributed by atoms with van der Waals surface area (Å²) < 4.78 is 2.43. The summed E-state index contributed by atoms with van der Waals surface area (Å²) in [5.41, 5.74) is 2.11. The highest BCUT2D eigenvalue weighted by atomic mass is 32.1. The van der Waals surface area contributed by atoms with Crippen LogP contribution in [0.15, 0.2) is 48.5 Å². The van der Waals surface area contributed by atoms with E-state index in [1.54, 1.807) is 22.7 Å². The third kappa shape index (κ3) is 4.56. The van der Waals surface area contributed by atoms with Crippen LogP contribution in [-0.2, 0) is 11.2 Å². The van der Waals surface area contributed by atoms with Crippen LogP contribution in [0.3, 0.4) is 0 Å². The maximum absolute atomic E-state index is 12.2. The molecule has 2 aromatic carbocycles. The van der Waals surface area contributed by atoms with Crippen LogP contribution in [0.2, 0.25) is 0 Å². The summed E-state index contributed by atoms with van der Waals surface area (Å²) in [5.74, 6) is 0.348. The van der Waals surface area contributed by atoms with E-state index in [4.69, 9.17) is 0 Å². The third-order valence-corrected chi connectivity index (χ3v) is 7.08. The van der Waals surface area contributed by atoms with E-state index >= 15 is 0 Å². The lowest BCUT2D eigenvalue weighted by molar-refractivity contribution is -0.121. The number of thiazole rings is 2. The Balaban J connectivity index is 1.19. The fourth-order valence-corrected chi connectivity index (χ4v) is 5.16. The summed E-state index contributed by atoms with van der Waals surface area (Å²) in [5, 5.41) is 5.30. The van der Waals surface area contributed by atoms with Crippen LogP contribution < -0.4 is 5.32 Å². The molecule has 2 aromatic heterocycles. The molecule has 4 rings (SSSR count). The zero-order valence-corrected chi connectivity index (χ0v) is 17.5. The first-order valence-corrected chi connectivity index (χ1v) is 11.3. The zero-order valence-electron chi connectivity index (χ0n) is 15.9. The van der Waals surface area contributed by atoms with E-state index in [0.29, 0.717) is 13.0 Å². The van der Waals surface area contributed by atoms with Crippen molar-refractivity contribution in [3.63, 3.8) is 0 Å². The molecule has 0 aliphatic rings. The first kappa shape index (κ1) is 19.0. The maximum atomic E-state index is 12.2. The quantitative estimate of drug-likeness (QED) is 0.389. The Labute approximate surface area is 172 Å². The van der Waals surface area contributed by atoms with Crippen molar-refractivity contribution in [2.24, 2.45) is 0 Å². The number of nitrogens with zero attached hydrogens (tertiary/aromatic N) is 2. The third-order valence-electron chi connectivity index (χ3n) is 4.72. The lowest BCUT2D eigenvalue weighted by Gasteiger charge is -2.10. The standard InChI is InChI=1S/C22H23N3OS2/c1-15(22-25-17-9-3-5-11-19(17)28-22)14-23-20(26)12-6-7-13-21-24-16-8-2-4-10-18(16)27-21/h2-5,8-11,15H,6-7,12-14H2,1H3,(H,23,26). The van der Waals surface area contributed by atoms with Gasteiger partial charge >= 0.3 is 0 Å². The molecule has 0 fully saturated rings. The predicted octanol–water partition coefficient (Wildman–Crippen LogP) is 5.54. The number of fused-ring (bicyclic) bond motifs is 2. The molecule has 0 radical (unpaired) electrons. The number of carbonyl (C=O) groups is 1. The summed E-state index contributed by atoms with van der Waals surface area (Å²) >= 11 is 3.46. The average Bonchev–Trinajstić information content (AvgIpc) is 3.33. The van der Waals surface area contributed by atoms with Crippen LogP contribution >= 0.6 is 22.7 Å². The molecule has 0 bridgehead atoms. The molecular formula is C22H23N3OS2. The fourth-order valence-electron chi connectivity index (χ4n) is 3.13. The average molecular weight is 410 g/mol. The van der Waals surface area contributed by atoms with E-state index in [-0.39, 0.29) is 11.8 Å². The lowest BCUT2D eigenvalue weighted by atomic mass is 10.1. The lowest BCUT2D eigenvalue weighted by Crippen LogP contribution is -2.27. The SMILES string of the molecule is CC(CNC(=O)CCCCc1nc2ccccc2s1)c1nc2ccccc2s1. The smallest absolute Gasteiger partial charge is 0.220 e. The van der Waals surface area contributed by atoms with Gasteiger partial charge in [-0.2, -0.15) is 0 Å². The molecule has 1 atom stereocenters. The normalized spacial score (nSPS) is 12.5. The molecular weight excluding hydrogens is 386 g/mol. The van der Waals surface area contributed by atoms with Gasteiger partial charge in [0.2, 0.25) is 5.91 Å². The Kier molecular flexibility index (Phi) is 5.98. The predicted molar refractivity (Wildman–Crippen MR) is 118 cm³/mol. The minimum Gasteiger partial charge on any atom is -0.355 e. The van der Waals surface area contributed by atoms with Gasteiger partial charge in [0.1, 0.15) is 0 Å². The number of carbonyl (C=O) groups excluding carboxylic acids is 1. The number of unbranched alkanes of at least 4 members (excludes halogenated alkanes) is 1. The summed E-state index contributed by atoms with van der Waals surface area (Å²) in [6.45, 7) is 2.75. The van der Waals surface area contributed by atoms with Gasteiger partial charge in [-0.3, -0.25) is 4.79 Å². The van der Waals surface area contributed by atoms with Crippen molar-refractivity contribution in [3.8, 4) is 0 Å². The van der Waals surface area contributed by atoms with Crippen molar-refractivity contribution >= 4 is 49.0 Å². The van der Waals surface area contributed by atoms with E-state index in [9.17, 15) is 4.79 Å². The molecule has 4 aromatic rings. The monoisotopic (exact) mass is 409 g/mol. The number of amides is 1. The van der Waals surface area contributed by atoms with E-state index in [2.05, 4.69) is 40.4 Å². The Morgan fingerprint density at radius 2 is 1.64 bits per heavy atom. The second-order valence-corrected chi connectivity index (χ2v) is 9.18. The number of benzene rings is 2. The van der Waals surface area contributed by atoms with E-state index in [1.165, 1.54) is 9.40 Å². The molecule has 0 aliphatic carbocycles. The molecule has 0 saturated heterocycles. The zero-order chi connectivity index (χ0) is 19.3. The topological polar surface area (TPSA) is 54.9 Å². The molecule has 144 valence electrons. The number of rotatable bonds is 8. The van der Waals surface area contributed by atoms with Gasteiger partial charge in [-0.25, -0.2) is 9.97 Å². The highest BCUT2D eigenvalue weighted by Crippen LogP contribution is 2.27. The highest BCUT2D eigenvalue weighted by Gasteiger charge is 2.13. The Hall–Kier alpha value is -2.31. The van der Waals surface area contributed by atoms with E-state index in [0.717, 1.165) is 40.3 Å². The molecule has 2 heterocycles. The van der Waals surface area contributed by atoms with Crippen LogP contribution in [0.1, 0.15) is 42.1 Å². The van der Waals surface area contributed by atoms with Crippen LogP contribution in [-0.4, -0.2) is 22.4 Å². The fraction of sp³-hybridized carbons (Fsp3) is 0.318. The number of aryl methyl sites for hydroxylation is 1. The van der Waals surface area contributed by atoms with Crippen molar-refractivity contribution in [2.45, 2.75) is 38.5 Å². The molecule has 1 unspecified atom stereocenters. The molecule has 4 nitrogen and oxygen atoms in total. The minimum atomic E-state index is 0.122. The highest BCUT2D eigenvalue weighted by molar-refractivity contribution is 7.18. The van der Waals surface area contributed by atoms with E-state index < -0.39 is 0 Å². The molecule has 6 heteroatoms. The molecule has 0 aliphatic heterocycles. The number of para-hydroxylation sites is 2. The number of aromatic nitrogens is 2. The first-order chi connectivity index (χ1) is 13.7. The first-order valence-electron chi connectivity index (χ1n) is 9.65. The molecule has 1 amide bonds.